The summed E-state index contributed by atoms with van der Waals surface area (Å²) in [5.74, 6) is 1.85. The van der Waals surface area contributed by atoms with Crippen LogP contribution in [0.2, 0.25) is 0 Å². The SMILES string of the molecule is Cc1cnc(C2CN(C)CC23CN(C(=O)c2cncnc2)C3)o1. The van der Waals surface area contributed by atoms with Gasteiger partial charge in [0.2, 0.25) is 0 Å². The number of hydrogen-bond acceptors (Lipinski definition) is 6. The van der Waals surface area contributed by atoms with Crippen LogP contribution in [0, 0.1) is 12.3 Å². The molecule has 2 saturated heterocycles. The van der Waals surface area contributed by atoms with Gasteiger partial charge in [0.15, 0.2) is 5.89 Å². The quantitative estimate of drug-likeness (QED) is 0.821. The van der Waals surface area contributed by atoms with Crippen molar-refractivity contribution in [3.63, 3.8) is 0 Å². The molecule has 120 valence electrons. The van der Waals surface area contributed by atoms with Gasteiger partial charge < -0.3 is 14.2 Å². The highest BCUT2D eigenvalue weighted by atomic mass is 16.4. The van der Waals surface area contributed by atoms with Gasteiger partial charge in [-0.15, -0.1) is 0 Å². The molecule has 2 aliphatic heterocycles. The van der Waals surface area contributed by atoms with Crippen LogP contribution in [-0.2, 0) is 0 Å². The molecule has 7 heteroatoms. The Balaban J connectivity index is 1.53. The lowest BCUT2D eigenvalue weighted by atomic mass is 9.71. The molecule has 7 nitrogen and oxygen atoms in total. The lowest BCUT2D eigenvalue weighted by Gasteiger charge is -2.50. The van der Waals surface area contributed by atoms with Crippen molar-refractivity contribution in [2.45, 2.75) is 12.8 Å². The van der Waals surface area contributed by atoms with Crippen molar-refractivity contribution < 1.29 is 9.21 Å². The summed E-state index contributed by atoms with van der Waals surface area (Å²) < 4.78 is 5.77. The van der Waals surface area contributed by atoms with Gasteiger partial charge in [0.1, 0.15) is 12.1 Å². The first kappa shape index (κ1) is 14.3. The van der Waals surface area contributed by atoms with Crippen LogP contribution in [0.1, 0.15) is 27.9 Å². The highest BCUT2D eigenvalue weighted by Crippen LogP contribution is 2.48. The van der Waals surface area contributed by atoms with Crippen LogP contribution in [0.3, 0.4) is 0 Å². The predicted molar refractivity (Wildman–Crippen MR) is 81.8 cm³/mol. The molecule has 0 bridgehead atoms. The largest absolute Gasteiger partial charge is 0.446 e. The van der Waals surface area contributed by atoms with Crippen molar-refractivity contribution in [2.24, 2.45) is 5.41 Å². The zero-order valence-electron chi connectivity index (χ0n) is 13.3. The molecule has 4 rings (SSSR count). The normalized spacial score (nSPS) is 23.2. The fraction of sp³-hybridized carbons (Fsp3) is 0.500. The van der Waals surface area contributed by atoms with E-state index >= 15 is 0 Å². The minimum atomic E-state index is -0.00638. The van der Waals surface area contributed by atoms with E-state index in [9.17, 15) is 4.79 Å². The number of aromatic nitrogens is 3. The van der Waals surface area contributed by atoms with Gasteiger partial charge in [-0.1, -0.05) is 0 Å². The van der Waals surface area contributed by atoms with Gasteiger partial charge in [0.05, 0.1) is 17.7 Å². The maximum absolute atomic E-state index is 12.5. The molecule has 4 heterocycles. The zero-order chi connectivity index (χ0) is 16.0. The Kier molecular flexibility index (Phi) is 3.19. The molecular formula is C16H19N5O2. The number of aryl methyl sites for hydroxylation is 1. The average Bonchev–Trinajstić information content (AvgIpc) is 3.09. The van der Waals surface area contributed by atoms with Crippen molar-refractivity contribution >= 4 is 5.91 Å². The van der Waals surface area contributed by atoms with E-state index < -0.39 is 0 Å². The Morgan fingerprint density at radius 3 is 2.65 bits per heavy atom. The predicted octanol–water partition coefficient (Wildman–Crippen LogP) is 0.944. The topological polar surface area (TPSA) is 75.4 Å². The van der Waals surface area contributed by atoms with E-state index in [1.54, 1.807) is 18.6 Å². The number of hydrogen-bond donors (Lipinski definition) is 0. The smallest absolute Gasteiger partial charge is 0.257 e. The van der Waals surface area contributed by atoms with E-state index in [2.05, 4.69) is 26.9 Å². The summed E-state index contributed by atoms with van der Waals surface area (Å²) in [6.45, 7) is 5.22. The first-order chi connectivity index (χ1) is 11.1. The Morgan fingerprint density at radius 1 is 1.26 bits per heavy atom. The lowest BCUT2D eigenvalue weighted by Crippen LogP contribution is -2.61. The maximum Gasteiger partial charge on any atom is 0.257 e. The molecule has 2 aromatic heterocycles. The summed E-state index contributed by atoms with van der Waals surface area (Å²) in [6.07, 6.45) is 6.33. The molecule has 2 aromatic rings. The van der Waals surface area contributed by atoms with Crippen LogP contribution < -0.4 is 0 Å². The van der Waals surface area contributed by atoms with Crippen molar-refractivity contribution in [2.75, 3.05) is 33.2 Å². The molecule has 0 aromatic carbocycles. The van der Waals surface area contributed by atoms with Crippen LogP contribution in [0.5, 0.6) is 0 Å². The molecule has 23 heavy (non-hydrogen) atoms. The summed E-state index contributed by atoms with van der Waals surface area (Å²) >= 11 is 0. The number of nitrogens with zero attached hydrogens (tertiary/aromatic N) is 5. The van der Waals surface area contributed by atoms with Gasteiger partial charge in [-0.3, -0.25) is 4.79 Å². The number of carbonyl (C=O) groups is 1. The Bertz CT molecular complexity index is 723. The van der Waals surface area contributed by atoms with E-state index in [1.807, 2.05) is 11.8 Å². The third kappa shape index (κ3) is 2.31. The molecular weight excluding hydrogens is 294 g/mol. The number of carbonyl (C=O) groups excluding carboxylic acids is 1. The Hall–Kier alpha value is -2.28. The molecule has 0 aliphatic carbocycles. The average molecular weight is 313 g/mol. The van der Waals surface area contributed by atoms with E-state index in [-0.39, 0.29) is 17.2 Å². The molecule has 0 saturated carbocycles. The number of rotatable bonds is 2. The van der Waals surface area contributed by atoms with Gasteiger partial charge in [0, 0.05) is 44.0 Å². The second-order valence-corrected chi connectivity index (χ2v) is 6.71. The summed E-state index contributed by atoms with van der Waals surface area (Å²) in [5, 5.41) is 0. The van der Waals surface area contributed by atoms with Crippen LogP contribution >= 0.6 is 0 Å². The molecule has 2 fully saturated rings. The summed E-state index contributed by atoms with van der Waals surface area (Å²) in [4.78, 5) is 28.9. The zero-order valence-corrected chi connectivity index (χ0v) is 13.3. The fourth-order valence-electron chi connectivity index (χ4n) is 3.86. The summed E-state index contributed by atoms with van der Waals surface area (Å²) in [6, 6.07) is 0. The maximum atomic E-state index is 12.5. The van der Waals surface area contributed by atoms with Crippen molar-refractivity contribution in [1.29, 1.82) is 0 Å². The molecule has 0 N–H and O–H groups in total. The first-order valence-electron chi connectivity index (χ1n) is 7.72. The van der Waals surface area contributed by atoms with Gasteiger partial charge in [0.25, 0.3) is 5.91 Å². The highest BCUT2D eigenvalue weighted by Gasteiger charge is 2.56. The van der Waals surface area contributed by atoms with Crippen molar-refractivity contribution in [1.82, 2.24) is 24.8 Å². The monoisotopic (exact) mass is 313 g/mol. The van der Waals surface area contributed by atoms with Crippen LogP contribution in [0.25, 0.3) is 0 Å². The molecule has 1 atom stereocenters. The lowest BCUT2D eigenvalue weighted by molar-refractivity contribution is 0.000443. The standard InChI is InChI=1S/C16H19N5O2/c1-11-3-19-14(23-11)13-6-20(2)7-16(13)8-21(9-16)15(22)12-4-17-10-18-5-12/h3-5,10,13H,6-9H2,1-2H3. The second-order valence-electron chi connectivity index (χ2n) is 6.71. The fourth-order valence-corrected chi connectivity index (χ4v) is 3.86. The number of oxazole rings is 1. The van der Waals surface area contributed by atoms with E-state index in [0.717, 1.165) is 37.8 Å². The minimum Gasteiger partial charge on any atom is -0.446 e. The van der Waals surface area contributed by atoms with E-state index in [4.69, 9.17) is 4.42 Å². The molecule has 1 amide bonds. The molecule has 0 radical (unpaired) electrons. The number of likely N-dealkylation sites (tertiary alicyclic amines) is 2. The van der Waals surface area contributed by atoms with Crippen molar-refractivity contribution in [3.8, 4) is 0 Å². The summed E-state index contributed by atoms with van der Waals surface area (Å²) in [5.41, 5.74) is 0.578. The molecule has 1 spiro atoms. The summed E-state index contributed by atoms with van der Waals surface area (Å²) in [7, 11) is 2.10. The minimum absolute atomic E-state index is 0.00638. The van der Waals surface area contributed by atoms with Gasteiger partial charge >= 0.3 is 0 Å². The number of likely N-dealkylation sites (N-methyl/N-ethyl adjacent to an activating group) is 1. The Labute approximate surface area is 134 Å². The van der Waals surface area contributed by atoms with E-state index in [0.29, 0.717) is 5.56 Å². The molecule has 1 unspecified atom stereocenters. The van der Waals surface area contributed by atoms with Gasteiger partial charge in [-0.25, -0.2) is 15.0 Å². The third-order valence-corrected chi connectivity index (χ3v) is 4.86. The highest BCUT2D eigenvalue weighted by molar-refractivity contribution is 5.94. The van der Waals surface area contributed by atoms with Crippen LogP contribution in [0.4, 0.5) is 0 Å². The molecule has 2 aliphatic rings. The third-order valence-electron chi connectivity index (χ3n) is 4.86. The van der Waals surface area contributed by atoms with Gasteiger partial charge in [-0.2, -0.15) is 0 Å². The van der Waals surface area contributed by atoms with Crippen LogP contribution in [0.15, 0.2) is 29.3 Å². The second kappa shape index (κ2) is 5.13. The Morgan fingerprint density at radius 2 is 2.00 bits per heavy atom. The first-order valence-corrected chi connectivity index (χ1v) is 7.72. The van der Waals surface area contributed by atoms with E-state index in [1.165, 1.54) is 6.33 Å². The van der Waals surface area contributed by atoms with Crippen LogP contribution in [-0.4, -0.2) is 63.9 Å². The van der Waals surface area contributed by atoms with Gasteiger partial charge in [-0.05, 0) is 14.0 Å². The number of amides is 1. The van der Waals surface area contributed by atoms with Crippen molar-refractivity contribution in [3.05, 3.63) is 42.1 Å².